The van der Waals surface area contributed by atoms with Gasteiger partial charge in [-0.15, -0.1) is 0 Å². The van der Waals surface area contributed by atoms with Crippen LogP contribution in [0.3, 0.4) is 0 Å². The van der Waals surface area contributed by atoms with Gasteiger partial charge in [0.2, 0.25) is 0 Å². The van der Waals surface area contributed by atoms with Crippen LogP contribution in [0.4, 0.5) is 0 Å². The molecule has 0 amide bonds. The number of carbonyl (C=O) groups excluding carboxylic acids is 1. The number of aryl methyl sites for hydroxylation is 2. The van der Waals surface area contributed by atoms with Gasteiger partial charge in [-0.25, -0.2) is 0 Å². The molecule has 90 valence electrons. The van der Waals surface area contributed by atoms with Gasteiger partial charge in [0.25, 0.3) is 0 Å². The van der Waals surface area contributed by atoms with Gasteiger partial charge < -0.3 is 9.69 Å². The summed E-state index contributed by atoms with van der Waals surface area (Å²) in [7, 11) is 2.17. The summed E-state index contributed by atoms with van der Waals surface area (Å²) in [6, 6.07) is 8.36. The Morgan fingerprint density at radius 3 is 1.56 bits per heavy atom. The molecule has 0 aromatic heterocycles. The molecule has 2 nitrogen and oxygen atoms in total. The van der Waals surface area contributed by atoms with E-state index in [-0.39, 0.29) is 0 Å². The Kier molecular flexibility index (Phi) is 8.45. The molecule has 1 heterocycles. The predicted octanol–water partition coefficient (Wildman–Crippen LogP) is 2.83. The fourth-order valence-electron chi connectivity index (χ4n) is 1.54. The van der Waals surface area contributed by atoms with Gasteiger partial charge >= 0.3 is 0 Å². The molecule has 16 heavy (non-hydrogen) atoms. The maximum absolute atomic E-state index is 8.00. The normalized spacial score (nSPS) is 14.4. The molecular weight excluding hydrogens is 198 g/mol. The van der Waals surface area contributed by atoms with E-state index in [1.54, 1.807) is 0 Å². The molecule has 0 saturated carbocycles. The van der Waals surface area contributed by atoms with E-state index in [0.29, 0.717) is 0 Å². The second-order valence-corrected chi connectivity index (χ2v) is 4.09. The number of carbonyl (C=O) groups is 1. The lowest BCUT2D eigenvalue weighted by Gasteiger charge is -2.01. The maximum atomic E-state index is 8.00. The standard InChI is InChI=1S/C8H10.C5H11N.CH2O/c1-7-5-3-4-6-8(7)2;1-6-4-2-3-5-6;1-2/h3-6H,1-2H3;2-5H2,1H3;1H2. The predicted molar refractivity (Wildman–Crippen MR) is 69.8 cm³/mol. The zero-order valence-electron chi connectivity index (χ0n) is 10.7. The quantitative estimate of drug-likeness (QED) is 0.671. The SMILES string of the molecule is C=O.CN1CCCC1.Cc1ccccc1C. The van der Waals surface area contributed by atoms with Gasteiger partial charge in [-0.1, -0.05) is 24.3 Å². The highest BCUT2D eigenvalue weighted by Gasteiger charge is 2.03. The van der Waals surface area contributed by atoms with Crippen LogP contribution in [-0.2, 0) is 4.79 Å². The first kappa shape index (κ1) is 14.8. The van der Waals surface area contributed by atoms with Crippen LogP contribution in [0, 0.1) is 13.8 Å². The first-order valence-corrected chi connectivity index (χ1v) is 5.70. The molecule has 0 atom stereocenters. The molecule has 2 rings (SSSR count). The van der Waals surface area contributed by atoms with Crippen molar-refractivity contribution < 1.29 is 4.79 Å². The van der Waals surface area contributed by atoms with Crippen LogP contribution in [0.5, 0.6) is 0 Å². The van der Waals surface area contributed by atoms with Gasteiger partial charge in [-0.3, -0.25) is 0 Å². The smallest absolute Gasteiger partial charge is 0.106 e. The molecule has 0 radical (unpaired) electrons. The molecule has 2 heteroatoms. The fraction of sp³-hybridized carbons (Fsp3) is 0.500. The fourth-order valence-corrected chi connectivity index (χ4v) is 1.54. The first-order valence-electron chi connectivity index (χ1n) is 5.70. The van der Waals surface area contributed by atoms with Crippen molar-refractivity contribution in [2.75, 3.05) is 20.1 Å². The Bertz CT molecular complexity index is 259. The number of benzene rings is 1. The van der Waals surface area contributed by atoms with E-state index >= 15 is 0 Å². The van der Waals surface area contributed by atoms with Crippen LogP contribution in [-0.4, -0.2) is 31.8 Å². The summed E-state index contributed by atoms with van der Waals surface area (Å²) in [4.78, 5) is 10.4. The lowest BCUT2D eigenvalue weighted by molar-refractivity contribution is -0.0979. The third kappa shape index (κ3) is 6.36. The molecule has 0 unspecified atom stereocenters. The minimum atomic E-state index is 1.32. The van der Waals surface area contributed by atoms with E-state index in [0.717, 1.165) is 0 Å². The summed E-state index contributed by atoms with van der Waals surface area (Å²) in [6.45, 7) is 8.88. The molecular formula is C14H23NO. The Labute approximate surface area is 99.3 Å². The lowest BCUT2D eigenvalue weighted by atomic mass is 10.1. The third-order valence-electron chi connectivity index (χ3n) is 2.76. The average Bonchev–Trinajstić information content (AvgIpc) is 2.78. The van der Waals surface area contributed by atoms with Crippen molar-refractivity contribution in [1.82, 2.24) is 4.90 Å². The van der Waals surface area contributed by atoms with E-state index < -0.39 is 0 Å². The number of nitrogens with zero attached hydrogens (tertiary/aromatic N) is 1. The highest BCUT2D eigenvalue weighted by Crippen LogP contribution is 2.03. The zero-order chi connectivity index (χ0) is 12.4. The molecule has 1 aromatic rings. The highest BCUT2D eigenvalue weighted by atomic mass is 16.1. The highest BCUT2D eigenvalue weighted by molar-refractivity contribution is 5.23. The summed E-state index contributed by atoms with van der Waals surface area (Å²) >= 11 is 0. The molecule has 1 fully saturated rings. The van der Waals surface area contributed by atoms with Gasteiger partial charge in [0.15, 0.2) is 0 Å². The van der Waals surface area contributed by atoms with Crippen molar-refractivity contribution in [2.45, 2.75) is 26.7 Å². The van der Waals surface area contributed by atoms with Crippen molar-refractivity contribution in [3.05, 3.63) is 35.4 Å². The van der Waals surface area contributed by atoms with Crippen molar-refractivity contribution in [3.63, 3.8) is 0 Å². The van der Waals surface area contributed by atoms with Crippen molar-refractivity contribution >= 4 is 6.79 Å². The molecule has 1 aliphatic rings. The van der Waals surface area contributed by atoms with Crippen molar-refractivity contribution in [1.29, 1.82) is 0 Å². The molecule has 0 aliphatic carbocycles. The largest absolute Gasteiger partial charge is 0.307 e. The van der Waals surface area contributed by atoms with Crippen LogP contribution in [0.15, 0.2) is 24.3 Å². The van der Waals surface area contributed by atoms with E-state index in [4.69, 9.17) is 4.79 Å². The minimum Gasteiger partial charge on any atom is -0.307 e. The average molecular weight is 221 g/mol. The van der Waals surface area contributed by atoms with Crippen molar-refractivity contribution in [2.24, 2.45) is 0 Å². The summed E-state index contributed by atoms with van der Waals surface area (Å²) in [6.07, 6.45) is 2.83. The molecule has 0 spiro atoms. The van der Waals surface area contributed by atoms with E-state index in [9.17, 15) is 0 Å². The van der Waals surface area contributed by atoms with Gasteiger partial charge in [0.1, 0.15) is 6.79 Å². The third-order valence-corrected chi connectivity index (χ3v) is 2.76. The zero-order valence-corrected chi connectivity index (χ0v) is 10.7. The summed E-state index contributed by atoms with van der Waals surface area (Å²) in [5, 5.41) is 0. The lowest BCUT2D eigenvalue weighted by Crippen LogP contribution is -2.10. The van der Waals surface area contributed by atoms with Crippen LogP contribution in [0.2, 0.25) is 0 Å². The Balaban J connectivity index is 0.000000251. The van der Waals surface area contributed by atoms with Crippen LogP contribution in [0.25, 0.3) is 0 Å². The second kappa shape index (κ2) is 9.10. The van der Waals surface area contributed by atoms with Gasteiger partial charge in [-0.2, -0.15) is 0 Å². The second-order valence-electron chi connectivity index (χ2n) is 4.09. The number of likely N-dealkylation sites (tertiary alicyclic amines) is 1. The van der Waals surface area contributed by atoms with Gasteiger partial charge in [-0.05, 0) is 58.0 Å². The summed E-state index contributed by atoms with van der Waals surface area (Å²) in [5.74, 6) is 0. The van der Waals surface area contributed by atoms with Crippen LogP contribution < -0.4 is 0 Å². The van der Waals surface area contributed by atoms with Crippen LogP contribution in [0.1, 0.15) is 24.0 Å². The minimum absolute atomic E-state index is 1.32. The maximum Gasteiger partial charge on any atom is 0.106 e. The summed E-state index contributed by atoms with van der Waals surface area (Å²) in [5.41, 5.74) is 2.74. The topological polar surface area (TPSA) is 20.3 Å². The van der Waals surface area contributed by atoms with Gasteiger partial charge in [0.05, 0.1) is 0 Å². The first-order chi connectivity index (χ1) is 7.70. The van der Waals surface area contributed by atoms with Gasteiger partial charge in [0, 0.05) is 0 Å². The Hall–Kier alpha value is -1.15. The van der Waals surface area contributed by atoms with E-state index in [2.05, 4.69) is 50.1 Å². The Morgan fingerprint density at radius 2 is 1.38 bits per heavy atom. The number of rotatable bonds is 0. The number of hydrogen-bond acceptors (Lipinski definition) is 2. The Morgan fingerprint density at radius 1 is 1.00 bits per heavy atom. The molecule has 0 N–H and O–H groups in total. The van der Waals surface area contributed by atoms with E-state index in [1.807, 2.05) is 6.79 Å². The van der Waals surface area contributed by atoms with E-state index in [1.165, 1.54) is 37.1 Å². The molecule has 1 aromatic carbocycles. The molecule has 1 saturated heterocycles. The molecule has 0 bridgehead atoms. The monoisotopic (exact) mass is 221 g/mol. The summed E-state index contributed by atoms with van der Waals surface area (Å²) < 4.78 is 0. The molecule has 1 aliphatic heterocycles. The number of hydrogen-bond donors (Lipinski definition) is 0. The van der Waals surface area contributed by atoms with Crippen molar-refractivity contribution in [3.8, 4) is 0 Å². The van der Waals surface area contributed by atoms with Crippen LogP contribution >= 0.6 is 0 Å².